The number of halogens is 1. The number of rotatable bonds is 5. The Balaban J connectivity index is 1.41. The molecule has 1 saturated heterocycles. The Bertz CT molecular complexity index is 1970. The van der Waals surface area contributed by atoms with Gasteiger partial charge in [0.1, 0.15) is 5.82 Å². The Hall–Kier alpha value is -4.25. The second-order valence-electron chi connectivity index (χ2n) is 8.57. The Morgan fingerprint density at radius 3 is 2.49 bits per heavy atom. The topological polar surface area (TPSA) is 108 Å². The van der Waals surface area contributed by atoms with Crippen molar-refractivity contribution in [3.63, 3.8) is 0 Å². The standard InChI is InChI=1S/C26H28FN10/c1-26(28,20-3-5-22(27)6-4-20)21-13-29-25(30-14-21)36-9-7-35(8-10-36)24-23-11-18(16-37(23)33-17-31-24)19-12-32-34(2)15-19/h3-6,11-18H,7-10,28H2,1-2H3/q+1/t18?,26-/m0/s1/i2D3,7D2,8D2,9D2,10D2. The molecule has 37 heavy (non-hydrogen) atoms. The summed E-state index contributed by atoms with van der Waals surface area (Å²) in [6, 6.07) is 5.37. The summed E-state index contributed by atoms with van der Waals surface area (Å²) in [5, 5.41) is 7.96. The molecule has 1 fully saturated rings. The van der Waals surface area contributed by atoms with Crippen LogP contribution in [0.3, 0.4) is 0 Å². The summed E-state index contributed by atoms with van der Waals surface area (Å²) in [4.78, 5) is 12.8. The molecule has 2 N–H and O–H groups in total. The lowest BCUT2D eigenvalue weighted by molar-refractivity contribution is -0.589. The van der Waals surface area contributed by atoms with Gasteiger partial charge in [0.2, 0.25) is 11.8 Å². The summed E-state index contributed by atoms with van der Waals surface area (Å²) in [6.07, 6.45) is 8.94. The van der Waals surface area contributed by atoms with Gasteiger partial charge in [0.05, 0.1) is 28.6 Å². The quantitative estimate of drug-likeness (QED) is 0.388. The Morgan fingerprint density at radius 1 is 1.05 bits per heavy atom. The molecular formula is C26H28FN10+. The van der Waals surface area contributed by atoms with Crippen molar-refractivity contribution >= 4 is 17.8 Å². The van der Waals surface area contributed by atoms with Gasteiger partial charge >= 0.3 is 0 Å². The van der Waals surface area contributed by atoms with Gasteiger partial charge in [-0.25, -0.2) is 19.3 Å². The first kappa shape index (κ1) is 13.9. The Morgan fingerprint density at radius 2 is 1.78 bits per heavy atom. The van der Waals surface area contributed by atoms with Gasteiger partial charge in [0.15, 0.2) is 12.5 Å². The van der Waals surface area contributed by atoms with Crippen LogP contribution in [0.1, 0.15) is 44.6 Å². The van der Waals surface area contributed by atoms with Crippen LogP contribution < -0.4 is 25.2 Å². The lowest BCUT2D eigenvalue weighted by atomic mass is 9.87. The summed E-state index contributed by atoms with van der Waals surface area (Å²) in [7, 11) is 0. The molecule has 6 rings (SSSR count). The van der Waals surface area contributed by atoms with Crippen LogP contribution in [0.25, 0.3) is 6.08 Å². The summed E-state index contributed by atoms with van der Waals surface area (Å²) >= 11 is 0. The minimum Gasteiger partial charge on any atom is -0.347 e. The highest BCUT2D eigenvalue weighted by Gasteiger charge is 2.29. The van der Waals surface area contributed by atoms with E-state index < -0.39 is 62.0 Å². The third kappa shape index (κ3) is 4.31. The van der Waals surface area contributed by atoms with Crippen molar-refractivity contribution in [3.05, 3.63) is 89.5 Å². The van der Waals surface area contributed by atoms with Crippen LogP contribution in [-0.2, 0) is 12.5 Å². The van der Waals surface area contributed by atoms with Crippen molar-refractivity contribution in [1.29, 1.82) is 0 Å². The number of aryl methyl sites for hydroxylation is 1. The van der Waals surface area contributed by atoms with Gasteiger partial charge in [0.25, 0.3) is 5.35 Å². The molecule has 0 amide bonds. The largest absolute Gasteiger partial charge is 0.347 e. The maximum absolute atomic E-state index is 13.5. The van der Waals surface area contributed by atoms with E-state index in [4.69, 9.17) is 20.8 Å². The van der Waals surface area contributed by atoms with E-state index in [1.54, 1.807) is 6.92 Å². The average molecular weight is 511 g/mol. The van der Waals surface area contributed by atoms with Crippen molar-refractivity contribution in [2.75, 3.05) is 35.8 Å². The molecule has 1 unspecified atom stereocenters. The van der Waals surface area contributed by atoms with Crippen molar-refractivity contribution in [2.45, 2.75) is 18.4 Å². The lowest BCUT2D eigenvalue weighted by Crippen LogP contribution is -2.51. The van der Waals surface area contributed by atoms with Crippen molar-refractivity contribution in [3.8, 4) is 0 Å². The van der Waals surface area contributed by atoms with Crippen molar-refractivity contribution in [2.24, 2.45) is 12.7 Å². The molecule has 0 bridgehead atoms. The molecule has 3 aromatic heterocycles. The van der Waals surface area contributed by atoms with E-state index in [-0.39, 0.29) is 15.8 Å². The molecule has 2 aliphatic heterocycles. The molecule has 2 atom stereocenters. The molecule has 0 saturated carbocycles. The predicted molar refractivity (Wildman–Crippen MR) is 135 cm³/mol. The van der Waals surface area contributed by atoms with Crippen LogP contribution >= 0.6 is 0 Å². The fourth-order valence-corrected chi connectivity index (χ4v) is 3.99. The number of nitrogens with zero attached hydrogens (tertiary/aromatic N) is 9. The Kier molecular flexibility index (Phi) is 3.38. The molecule has 0 radical (unpaired) electrons. The lowest BCUT2D eigenvalue weighted by Gasteiger charge is -2.35. The minimum absolute atomic E-state index is 0.000520. The highest BCUT2D eigenvalue weighted by Crippen LogP contribution is 2.26. The molecular weight excluding hydrogens is 471 g/mol. The number of hydrogen-bond acceptors (Lipinski definition) is 8. The number of piperazine rings is 1. The van der Waals surface area contributed by atoms with E-state index >= 15 is 0 Å². The highest BCUT2D eigenvalue weighted by molar-refractivity contribution is 5.48. The normalized spacial score (nSPS) is 28.8. The van der Waals surface area contributed by atoms with Gasteiger partial charge < -0.3 is 15.5 Å². The molecule has 5 heterocycles. The molecule has 188 valence electrons. The van der Waals surface area contributed by atoms with Gasteiger partial charge in [-0.05, 0) is 24.6 Å². The molecule has 4 aromatic rings. The van der Waals surface area contributed by atoms with Crippen LogP contribution in [0.15, 0.2) is 55.4 Å². The summed E-state index contributed by atoms with van der Waals surface area (Å²) in [5.74, 6) is -2.27. The third-order valence-corrected chi connectivity index (χ3v) is 6.10. The molecule has 0 spiro atoms. The SMILES string of the molecule is [2H]C([2H])([2H])n1cc(C2C=c3c(N4C([2H])([2H])C([2H])([2H])N(c5ncc([C@@](C)(N)c6ccc(F)cc6)cn5)C([2H])([2H])C4([2H])[2H])ncn[n+]3=C2)cn1. The van der Waals surface area contributed by atoms with Gasteiger partial charge in [-0.3, -0.25) is 4.68 Å². The van der Waals surface area contributed by atoms with Gasteiger partial charge in [-0.1, -0.05) is 16.5 Å². The van der Waals surface area contributed by atoms with E-state index in [2.05, 4.69) is 25.1 Å². The number of nitrogens with two attached hydrogens (primary N) is 1. The fraction of sp³-hybridized carbons (Fsp3) is 0.308. The van der Waals surface area contributed by atoms with Crippen molar-refractivity contribution < 1.29 is 23.8 Å². The van der Waals surface area contributed by atoms with Gasteiger partial charge in [-0.2, -0.15) is 5.10 Å². The minimum atomic E-state index is -3.34. The van der Waals surface area contributed by atoms with Gasteiger partial charge in [0, 0.05) is 78.0 Å². The smallest absolute Gasteiger partial charge is 0.277 e. The molecule has 11 heteroatoms. The number of aromatic nitrogens is 7. The van der Waals surface area contributed by atoms with Crippen LogP contribution in [0, 0.1) is 12.0 Å². The molecule has 2 aliphatic rings. The summed E-state index contributed by atoms with van der Waals surface area (Å²) in [6.45, 7) is -14.3. The van der Waals surface area contributed by atoms with E-state index in [9.17, 15) is 4.39 Å². The third-order valence-electron chi connectivity index (χ3n) is 6.10. The van der Waals surface area contributed by atoms with Crippen LogP contribution in [-0.4, -0.2) is 55.8 Å². The first-order valence-electron chi connectivity index (χ1n) is 16.6. The average Bonchev–Trinajstić information content (AvgIpc) is 3.65. The van der Waals surface area contributed by atoms with E-state index in [0.717, 1.165) is 11.0 Å². The van der Waals surface area contributed by atoms with Crippen LogP contribution in [0.4, 0.5) is 16.2 Å². The number of hydrogen-bond donors (Lipinski definition) is 1. The first-order chi connectivity index (χ1) is 22.1. The van der Waals surface area contributed by atoms with Crippen molar-refractivity contribution in [1.82, 2.24) is 29.8 Å². The highest BCUT2D eigenvalue weighted by atomic mass is 19.1. The molecule has 1 aromatic carbocycles. The van der Waals surface area contributed by atoms with E-state index in [1.807, 2.05) is 0 Å². The maximum Gasteiger partial charge on any atom is 0.277 e. The Labute approximate surface area is 228 Å². The zero-order chi connectivity index (χ0) is 35.2. The maximum atomic E-state index is 13.5. The number of anilines is 2. The number of benzene rings is 1. The zero-order valence-corrected chi connectivity index (χ0v) is 19.4. The van der Waals surface area contributed by atoms with E-state index in [0.29, 0.717) is 16.0 Å². The summed E-state index contributed by atoms with van der Waals surface area (Å²) in [5.41, 5.74) is 6.41. The predicted octanol–water partition coefficient (Wildman–Crippen LogP) is 0.563. The van der Waals surface area contributed by atoms with Gasteiger partial charge in [-0.15, -0.1) is 0 Å². The summed E-state index contributed by atoms with van der Waals surface area (Å²) < 4.78 is 110. The second kappa shape index (κ2) is 9.00. The number of fused-ring (bicyclic) bond motifs is 1. The zero-order valence-electron chi connectivity index (χ0n) is 30.4. The van der Waals surface area contributed by atoms with E-state index in [1.165, 1.54) is 65.7 Å². The first-order valence-corrected chi connectivity index (χ1v) is 11.1. The monoisotopic (exact) mass is 510 g/mol. The fourth-order valence-electron chi connectivity index (χ4n) is 3.99. The van der Waals surface area contributed by atoms with Crippen LogP contribution in [0.5, 0.6) is 0 Å². The molecule has 0 aliphatic carbocycles. The second-order valence-corrected chi connectivity index (χ2v) is 8.57. The molecule has 10 nitrogen and oxygen atoms in total. The van der Waals surface area contributed by atoms with Crippen LogP contribution in [0.2, 0.25) is 0 Å².